The number of allylic oxidation sites excluding steroid dienone is 3. The molecule has 2 rings (SSSR count). The van der Waals surface area contributed by atoms with Crippen LogP contribution in [0.1, 0.15) is 26.7 Å². The lowest BCUT2D eigenvalue weighted by molar-refractivity contribution is 0.450. The fraction of sp³-hybridized carbons (Fsp3) is 0.375. The van der Waals surface area contributed by atoms with Crippen molar-refractivity contribution in [3.8, 4) is 11.5 Å². The number of anilines is 1. The zero-order valence-electron chi connectivity index (χ0n) is 12.1. The Morgan fingerprint density at radius 2 is 2.05 bits per heavy atom. The molecule has 3 nitrogen and oxygen atoms in total. The van der Waals surface area contributed by atoms with Gasteiger partial charge in [0.1, 0.15) is 16.9 Å². The van der Waals surface area contributed by atoms with E-state index >= 15 is 0 Å². The predicted molar refractivity (Wildman–Crippen MR) is 85.6 cm³/mol. The fourth-order valence-corrected chi connectivity index (χ4v) is 3.58. The molecule has 0 aliphatic carbocycles. The molecule has 0 radical (unpaired) electrons. The van der Waals surface area contributed by atoms with Gasteiger partial charge in [0.05, 0.1) is 10.6 Å². The number of likely N-dealkylation sites (N-methyl/N-ethyl adjacent to an activating group) is 1. The summed E-state index contributed by atoms with van der Waals surface area (Å²) in [6.07, 6.45) is 8.57. The van der Waals surface area contributed by atoms with Gasteiger partial charge in [-0.3, -0.25) is 0 Å². The van der Waals surface area contributed by atoms with E-state index < -0.39 is 0 Å². The van der Waals surface area contributed by atoms with Gasteiger partial charge in [0, 0.05) is 7.05 Å². The highest BCUT2D eigenvalue weighted by atomic mass is 32.2. The Balaban J connectivity index is 2.22. The Bertz CT molecular complexity index is 552. The minimum atomic E-state index is 0.107. The molecule has 0 bridgehead atoms. The van der Waals surface area contributed by atoms with Gasteiger partial charge in [0.25, 0.3) is 0 Å². The predicted octanol–water partition coefficient (Wildman–Crippen LogP) is 4.27. The number of fused-ring (bicyclic) bond motifs is 1. The van der Waals surface area contributed by atoms with Gasteiger partial charge < -0.3 is 15.1 Å². The van der Waals surface area contributed by atoms with Gasteiger partial charge in [-0.25, -0.2) is 0 Å². The average Bonchev–Trinajstić information content (AvgIpc) is 2.78. The monoisotopic (exact) mass is 291 g/mol. The summed E-state index contributed by atoms with van der Waals surface area (Å²) in [5, 5.41) is 20.0. The van der Waals surface area contributed by atoms with Crippen LogP contribution in [0.25, 0.3) is 0 Å². The summed E-state index contributed by atoms with van der Waals surface area (Å²) >= 11 is 1.57. The molecule has 4 heteroatoms. The molecule has 1 aromatic rings. The number of phenolic OH excluding ortho intramolecular Hbond substituents is 2. The summed E-state index contributed by atoms with van der Waals surface area (Å²) in [5.41, 5.74) is 1.91. The van der Waals surface area contributed by atoms with E-state index in [0.29, 0.717) is 5.69 Å². The molecule has 1 unspecified atom stereocenters. The minimum Gasteiger partial charge on any atom is -0.507 e. The number of aromatic hydroxyl groups is 2. The Labute approximate surface area is 124 Å². The lowest BCUT2D eigenvalue weighted by Crippen LogP contribution is -2.25. The number of phenols is 2. The highest BCUT2D eigenvalue weighted by Crippen LogP contribution is 2.53. The van der Waals surface area contributed by atoms with Crippen LogP contribution in [0.4, 0.5) is 5.69 Å². The van der Waals surface area contributed by atoms with Crippen LogP contribution in [0.3, 0.4) is 0 Å². The van der Waals surface area contributed by atoms with Crippen LogP contribution in [0.15, 0.2) is 40.8 Å². The molecular weight excluding hydrogens is 270 g/mol. The first-order chi connectivity index (χ1) is 9.56. The van der Waals surface area contributed by atoms with Gasteiger partial charge in [0.2, 0.25) is 0 Å². The second-order valence-electron chi connectivity index (χ2n) is 4.99. The zero-order chi connectivity index (χ0) is 14.7. The third kappa shape index (κ3) is 2.80. The first kappa shape index (κ1) is 14.9. The number of benzene rings is 1. The summed E-state index contributed by atoms with van der Waals surface area (Å²) in [7, 11) is 1.94. The Morgan fingerprint density at radius 3 is 2.70 bits per heavy atom. The Kier molecular flexibility index (Phi) is 4.65. The summed E-state index contributed by atoms with van der Waals surface area (Å²) in [4.78, 5) is 2.76. The van der Waals surface area contributed by atoms with Gasteiger partial charge in [-0.15, -0.1) is 0 Å². The van der Waals surface area contributed by atoms with Crippen molar-refractivity contribution in [1.82, 2.24) is 0 Å². The standard InChI is InChI=1S/C16H21NO2S/c1-4-5-6-7-8-11(2)16-17(3)14-12(18)9-10-13(19)15(14)20-16/h6-10,16,18-19H,4-5H2,1-3H3/b7-6-,11-8+. The van der Waals surface area contributed by atoms with Crippen LogP contribution in [-0.4, -0.2) is 22.6 Å². The van der Waals surface area contributed by atoms with Gasteiger partial charge >= 0.3 is 0 Å². The molecule has 0 fully saturated rings. The van der Waals surface area contributed by atoms with E-state index in [1.807, 2.05) is 11.9 Å². The number of nitrogens with zero attached hydrogens (tertiary/aromatic N) is 1. The Morgan fingerprint density at radius 1 is 1.35 bits per heavy atom. The van der Waals surface area contributed by atoms with Gasteiger partial charge in [-0.2, -0.15) is 0 Å². The molecule has 1 heterocycles. The molecule has 0 aromatic heterocycles. The van der Waals surface area contributed by atoms with Crippen LogP contribution in [0, 0.1) is 0 Å². The van der Waals surface area contributed by atoms with E-state index in [-0.39, 0.29) is 16.9 Å². The van der Waals surface area contributed by atoms with E-state index in [1.54, 1.807) is 11.8 Å². The van der Waals surface area contributed by atoms with Crippen molar-refractivity contribution in [2.75, 3.05) is 11.9 Å². The van der Waals surface area contributed by atoms with Gasteiger partial charge in [-0.05, 0) is 31.1 Å². The molecule has 1 aliphatic rings. The largest absolute Gasteiger partial charge is 0.507 e. The lowest BCUT2D eigenvalue weighted by atomic mass is 10.2. The molecule has 20 heavy (non-hydrogen) atoms. The normalized spacial score (nSPS) is 18.9. The Hall–Kier alpha value is -1.55. The van der Waals surface area contributed by atoms with Crippen LogP contribution in [-0.2, 0) is 0 Å². The molecule has 108 valence electrons. The highest BCUT2D eigenvalue weighted by Gasteiger charge is 2.32. The lowest BCUT2D eigenvalue weighted by Gasteiger charge is -2.22. The topological polar surface area (TPSA) is 43.7 Å². The highest BCUT2D eigenvalue weighted by molar-refractivity contribution is 8.00. The molecule has 1 aliphatic heterocycles. The molecule has 1 atom stereocenters. The van der Waals surface area contributed by atoms with Gasteiger partial charge in [-0.1, -0.05) is 43.3 Å². The number of rotatable bonds is 4. The van der Waals surface area contributed by atoms with Crippen molar-refractivity contribution < 1.29 is 10.2 Å². The number of hydrogen-bond donors (Lipinski definition) is 2. The maximum Gasteiger partial charge on any atom is 0.140 e. The molecule has 0 saturated carbocycles. The van der Waals surface area contributed by atoms with Crippen LogP contribution >= 0.6 is 11.8 Å². The number of hydrogen-bond acceptors (Lipinski definition) is 4. The van der Waals surface area contributed by atoms with Crippen molar-refractivity contribution in [1.29, 1.82) is 0 Å². The minimum absolute atomic E-state index is 0.107. The first-order valence-electron chi connectivity index (χ1n) is 6.84. The zero-order valence-corrected chi connectivity index (χ0v) is 12.9. The van der Waals surface area contributed by atoms with E-state index in [1.165, 1.54) is 17.7 Å². The maximum absolute atomic E-state index is 9.97. The van der Waals surface area contributed by atoms with Crippen molar-refractivity contribution in [2.24, 2.45) is 0 Å². The summed E-state index contributed by atoms with van der Waals surface area (Å²) in [6, 6.07) is 3.07. The first-order valence-corrected chi connectivity index (χ1v) is 7.72. The fourth-order valence-electron chi connectivity index (χ4n) is 2.28. The average molecular weight is 291 g/mol. The van der Waals surface area contributed by atoms with E-state index in [2.05, 4.69) is 32.1 Å². The summed E-state index contributed by atoms with van der Waals surface area (Å²) in [5.74, 6) is 0.441. The smallest absolute Gasteiger partial charge is 0.140 e. The summed E-state index contributed by atoms with van der Waals surface area (Å²) < 4.78 is 0. The second-order valence-corrected chi connectivity index (χ2v) is 6.08. The van der Waals surface area contributed by atoms with Crippen molar-refractivity contribution in [2.45, 2.75) is 37.0 Å². The van der Waals surface area contributed by atoms with Crippen LogP contribution < -0.4 is 4.90 Å². The summed E-state index contributed by atoms with van der Waals surface area (Å²) in [6.45, 7) is 4.23. The van der Waals surface area contributed by atoms with Gasteiger partial charge in [0.15, 0.2) is 0 Å². The van der Waals surface area contributed by atoms with Crippen molar-refractivity contribution >= 4 is 17.4 Å². The molecule has 0 saturated heterocycles. The van der Waals surface area contributed by atoms with Crippen LogP contribution in [0.5, 0.6) is 11.5 Å². The second kappa shape index (κ2) is 6.27. The molecule has 0 amide bonds. The molecule has 2 N–H and O–H groups in total. The number of thioether (sulfide) groups is 1. The van der Waals surface area contributed by atoms with E-state index in [0.717, 1.165) is 17.7 Å². The molecule has 0 spiro atoms. The molecular formula is C16H21NO2S. The van der Waals surface area contributed by atoms with E-state index in [4.69, 9.17) is 0 Å². The maximum atomic E-state index is 9.97. The molecule has 1 aromatic carbocycles. The van der Waals surface area contributed by atoms with E-state index in [9.17, 15) is 10.2 Å². The SMILES string of the molecule is CCC/C=C\C=C(/C)C1Sc2c(O)ccc(O)c2N1C. The van der Waals surface area contributed by atoms with Crippen LogP contribution in [0.2, 0.25) is 0 Å². The van der Waals surface area contributed by atoms with Crippen molar-refractivity contribution in [3.63, 3.8) is 0 Å². The number of unbranched alkanes of at least 4 members (excludes halogenated alkanes) is 1. The third-order valence-corrected chi connectivity index (χ3v) is 4.91. The quantitative estimate of drug-likeness (QED) is 0.642. The third-order valence-electron chi connectivity index (χ3n) is 3.36. The van der Waals surface area contributed by atoms with Crippen molar-refractivity contribution in [3.05, 3.63) is 35.9 Å².